The normalized spacial score (nSPS) is 14.9. The minimum absolute atomic E-state index is 0.0259. The summed E-state index contributed by atoms with van der Waals surface area (Å²) in [6.07, 6.45) is 5.95. The number of carbonyl (C=O) groups excluding carboxylic acids is 1. The molecule has 1 amide bonds. The molecule has 5 nitrogen and oxygen atoms in total. The molecule has 1 atom stereocenters. The summed E-state index contributed by atoms with van der Waals surface area (Å²) in [5.74, 6) is 0.317. The zero-order chi connectivity index (χ0) is 24.5. The quantitative estimate of drug-likeness (QED) is 0.313. The van der Waals surface area contributed by atoms with E-state index in [2.05, 4.69) is 21.1 Å². The Kier molecular flexibility index (Phi) is 5.70. The fourth-order valence-corrected chi connectivity index (χ4v) is 4.98. The van der Waals surface area contributed by atoms with E-state index >= 15 is 0 Å². The summed E-state index contributed by atoms with van der Waals surface area (Å²) in [6, 6.07) is 24.4. The summed E-state index contributed by atoms with van der Waals surface area (Å²) in [4.78, 5) is 17.0. The van der Waals surface area contributed by atoms with Crippen LogP contribution in [0, 0.1) is 5.82 Å². The van der Waals surface area contributed by atoms with Gasteiger partial charge in [0.25, 0.3) is 0 Å². The highest BCUT2D eigenvalue weighted by Crippen LogP contribution is 2.41. The Morgan fingerprint density at radius 3 is 2.72 bits per heavy atom. The standard InChI is InChI=1S/C30H24FN3O2/c31-23-8-1-5-20(13-23)17-34-18-26-25(15-29(35)33-27-10-3-11-28(34)30(26)27)22-7-2-9-24(14-22)36-19-21-6-4-12-32-16-21/h1-14,16,18,25H,15,17,19H2,(H,33,35). The van der Waals surface area contributed by atoms with Crippen molar-refractivity contribution in [2.24, 2.45) is 0 Å². The van der Waals surface area contributed by atoms with Crippen molar-refractivity contribution in [3.63, 3.8) is 0 Å². The second-order valence-corrected chi connectivity index (χ2v) is 9.07. The maximum Gasteiger partial charge on any atom is 0.225 e. The van der Waals surface area contributed by atoms with Gasteiger partial charge in [-0.2, -0.15) is 0 Å². The molecule has 0 bridgehead atoms. The third kappa shape index (κ3) is 4.33. The predicted molar refractivity (Wildman–Crippen MR) is 138 cm³/mol. The molecule has 0 aliphatic carbocycles. The lowest BCUT2D eigenvalue weighted by Crippen LogP contribution is -2.14. The molecule has 6 heteroatoms. The topological polar surface area (TPSA) is 56.1 Å². The highest BCUT2D eigenvalue weighted by molar-refractivity contribution is 6.06. The maximum atomic E-state index is 13.8. The zero-order valence-electron chi connectivity index (χ0n) is 19.5. The first-order valence-corrected chi connectivity index (χ1v) is 11.9. The van der Waals surface area contributed by atoms with Crippen molar-refractivity contribution in [3.8, 4) is 5.75 Å². The van der Waals surface area contributed by atoms with E-state index in [4.69, 9.17) is 4.74 Å². The number of pyridine rings is 1. The molecule has 178 valence electrons. The van der Waals surface area contributed by atoms with Gasteiger partial charge in [0.05, 0.1) is 11.2 Å². The third-order valence-corrected chi connectivity index (χ3v) is 6.61. The summed E-state index contributed by atoms with van der Waals surface area (Å²) in [7, 11) is 0. The van der Waals surface area contributed by atoms with Gasteiger partial charge in [-0.15, -0.1) is 0 Å². The summed E-state index contributed by atoms with van der Waals surface area (Å²) in [5.41, 5.74) is 5.75. The summed E-state index contributed by atoms with van der Waals surface area (Å²) in [6.45, 7) is 0.951. The van der Waals surface area contributed by atoms with Gasteiger partial charge >= 0.3 is 0 Å². The number of halogens is 1. The van der Waals surface area contributed by atoms with Crippen molar-refractivity contribution in [2.75, 3.05) is 5.32 Å². The van der Waals surface area contributed by atoms with Crippen LogP contribution in [0.3, 0.4) is 0 Å². The average Bonchev–Trinajstić information content (AvgIpc) is 3.18. The van der Waals surface area contributed by atoms with E-state index in [1.807, 2.05) is 60.7 Å². The van der Waals surface area contributed by atoms with Crippen LogP contribution in [0.25, 0.3) is 10.9 Å². The smallest absolute Gasteiger partial charge is 0.225 e. The zero-order valence-corrected chi connectivity index (χ0v) is 19.5. The van der Waals surface area contributed by atoms with Gasteiger partial charge in [0.1, 0.15) is 18.2 Å². The minimum atomic E-state index is -0.251. The summed E-state index contributed by atoms with van der Waals surface area (Å²) < 4.78 is 22.0. The van der Waals surface area contributed by atoms with Gasteiger partial charge in [-0.1, -0.05) is 36.4 Å². The van der Waals surface area contributed by atoms with E-state index in [1.54, 1.807) is 24.5 Å². The van der Waals surface area contributed by atoms with E-state index in [-0.39, 0.29) is 17.6 Å². The lowest BCUT2D eigenvalue weighted by Gasteiger charge is -2.16. The van der Waals surface area contributed by atoms with Crippen molar-refractivity contribution in [1.82, 2.24) is 9.55 Å². The number of hydrogen-bond donors (Lipinski definition) is 1. The van der Waals surface area contributed by atoms with Crippen molar-refractivity contribution >= 4 is 22.5 Å². The molecule has 3 aromatic carbocycles. The molecule has 0 saturated carbocycles. The molecule has 6 rings (SSSR count). The van der Waals surface area contributed by atoms with Crippen LogP contribution in [0.1, 0.15) is 34.6 Å². The summed E-state index contributed by atoms with van der Waals surface area (Å²) in [5, 5.41) is 4.10. The number of carbonyl (C=O) groups is 1. The van der Waals surface area contributed by atoms with E-state index < -0.39 is 0 Å². The van der Waals surface area contributed by atoms with Crippen LogP contribution < -0.4 is 10.1 Å². The second kappa shape index (κ2) is 9.30. The largest absolute Gasteiger partial charge is 0.489 e. The number of benzene rings is 3. The number of nitrogens with one attached hydrogen (secondary N) is 1. The Morgan fingerprint density at radius 2 is 1.86 bits per heavy atom. The first-order chi connectivity index (χ1) is 17.6. The highest BCUT2D eigenvalue weighted by Gasteiger charge is 2.28. The molecule has 1 unspecified atom stereocenters. The van der Waals surface area contributed by atoms with Crippen molar-refractivity contribution in [1.29, 1.82) is 0 Å². The highest BCUT2D eigenvalue weighted by atomic mass is 19.1. The molecule has 2 aromatic heterocycles. The van der Waals surface area contributed by atoms with Crippen LogP contribution in [-0.2, 0) is 17.9 Å². The van der Waals surface area contributed by atoms with E-state index in [0.717, 1.165) is 44.6 Å². The Bertz CT molecular complexity index is 1560. The molecule has 1 aliphatic rings. The molecule has 1 N–H and O–H groups in total. The second-order valence-electron chi connectivity index (χ2n) is 9.07. The van der Waals surface area contributed by atoms with Crippen LogP contribution in [0.2, 0.25) is 0 Å². The Balaban J connectivity index is 1.39. The Hall–Kier alpha value is -4.45. The third-order valence-electron chi connectivity index (χ3n) is 6.61. The molecular weight excluding hydrogens is 453 g/mol. The molecule has 0 fully saturated rings. The van der Waals surface area contributed by atoms with E-state index in [1.165, 1.54) is 6.07 Å². The molecule has 3 heterocycles. The van der Waals surface area contributed by atoms with Crippen LogP contribution in [0.15, 0.2) is 97.5 Å². The Morgan fingerprint density at radius 1 is 1.00 bits per heavy atom. The minimum Gasteiger partial charge on any atom is -0.489 e. The van der Waals surface area contributed by atoms with Gasteiger partial charge in [-0.3, -0.25) is 9.78 Å². The van der Waals surface area contributed by atoms with Gasteiger partial charge in [0.2, 0.25) is 5.91 Å². The molecule has 1 aliphatic heterocycles. The lowest BCUT2D eigenvalue weighted by molar-refractivity contribution is -0.116. The molecular formula is C30H24FN3O2. The van der Waals surface area contributed by atoms with Crippen molar-refractivity contribution < 1.29 is 13.9 Å². The lowest BCUT2D eigenvalue weighted by atomic mass is 9.88. The predicted octanol–water partition coefficient (Wildman–Crippen LogP) is 6.28. The van der Waals surface area contributed by atoms with Crippen LogP contribution in [0.4, 0.5) is 10.1 Å². The van der Waals surface area contributed by atoms with Crippen LogP contribution in [0.5, 0.6) is 5.75 Å². The van der Waals surface area contributed by atoms with Gasteiger partial charge < -0.3 is 14.6 Å². The maximum absolute atomic E-state index is 13.8. The fraction of sp³-hybridized carbons (Fsp3) is 0.133. The molecule has 0 spiro atoms. The first-order valence-electron chi connectivity index (χ1n) is 11.9. The van der Waals surface area contributed by atoms with E-state index in [9.17, 15) is 9.18 Å². The monoisotopic (exact) mass is 477 g/mol. The number of ether oxygens (including phenoxy) is 1. The Labute approximate surface area is 208 Å². The summed E-state index contributed by atoms with van der Waals surface area (Å²) >= 11 is 0. The molecule has 36 heavy (non-hydrogen) atoms. The van der Waals surface area contributed by atoms with Crippen molar-refractivity contribution in [3.05, 3.63) is 126 Å². The van der Waals surface area contributed by atoms with Crippen LogP contribution >= 0.6 is 0 Å². The van der Waals surface area contributed by atoms with Crippen LogP contribution in [-0.4, -0.2) is 15.5 Å². The van der Waals surface area contributed by atoms with E-state index in [0.29, 0.717) is 19.6 Å². The number of anilines is 1. The number of nitrogens with zero attached hydrogens (tertiary/aromatic N) is 2. The number of rotatable bonds is 6. The first kappa shape index (κ1) is 22.0. The molecule has 0 radical (unpaired) electrons. The average molecular weight is 478 g/mol. The number of aromatic nitrogens is 2. The van der Waals surface area contributed by atoms with Gasteiger partial charge in [0.15, 0.2) is 0 Å². The SMILES string of the molecule is O=C1CC(c2cccc(OCc3cccnc3)c2)c2cn(Cc3cccc(F)c3)c3cccc(c23)N1. The van der Waals surface area contributed by atoms with Crippen molar-refractivity contribution in [2.45, 2.75) is 25.5 Å². The van der Waals surface area contributed by atoms with Gasteiger partial charge in [0, 0.05) is 48.4 Å². The molecule has 0 saturated heterocycles. The van der Waals surface area contributed by atoms with Gasteiger partial charge in [-0.25, -0.2) is 4.39 Å². The number of amides is 1. The van der Waals surface area contributed by atoms with Gasteiger partial charge in [-0.05, 0) is 59.2 Å². The fourth-order valence-electron chi connectivity index (χ4n) is 4.98. The number of hydrogen-bond acceptors (Lipinski definition) is 3. The molecule has 5 aromatic rings.